The number of carbonyl (C=O) groups excluding carboxylic acids is 1. The van der Waals surface area contributed by atoms with Crippen LogP contribution in [0.15, 0.2) is 18.2 Å². The molecule has 0 unspecified atom stereocenters. The molecule has 1 aromatic carbocycles. The number of hydrogen-bond acceptors (Lipinski definition) is 4. The number of benzene rings is 1. The maximum atomic E-state index is 12.8. The second-order valence-corrected chi connectivity index (χ2v) is 6.24. The average molecular weight is 346 g/mol. The second-order valence-electron chi connectivity index (χ2n) is 6.24. The lowest BCUT2D eigenvalue weighted by Gasteiger charge is -2.28. The number of carbonyl (C=O) groups is 1. The van der Waals surface area contributed by atoms with Crippen LogP contribution in [0.2, 0.25) is 0 Å². The molecule has 0 radical (unpaired) electrons. The molecular formula is C20H30N2O3. The zero-order valence-corrected chi connectivity index (χ0v) is 15.9. The number of hydrogen-bond donors (Lipinski definition) is 1. The molecule has 0 fully saturated rings. The first kappa shape index (κ1) is 21.0. The lowest BCUT2D eigenvalue weighted by molar-refractivity contribution is -0.139. The highest BCUT2D eigenvalue weighted by molar-refractivity contribution is 5.98. The van der Waals surface area contributed by atoms with Crippen LogP contribution in [-0.4, -0.2) is 24.7 Å². The molecule has 25 heavy (non-hydrogen) atoms. The Morgan fingerprint density at radius 2 is 2.00 bits per heavy atom. The van der Waals surface area contributed by atoms with E-state index in [-0.39, 0.29) is 5.91 Å². The van der Waals surface area contributed by atoms with E-state index in [9.17, 15) is 10.1 Å². The molecule has 5 nitrogen and oxygen atoms in total. The van der Waals surface area contributed by atoms with Crippen LogP contribution in [0, 0.1) is 11.3 Å². The quantitative estimate of drug-likeness (QED) is 0.591. The van der Waals surface area contributed by atoms with Gasteiger partial charge in [-0.05, 0) is 44.9 Å². The average Bonchev–Trinajstić information content (AvgIpc) is 2.61. The van der Waals surface area contributed by atoms with Crippen LogP contribution in [0.3, 0.4) is 0 Å². The molecule has 0 aliphatic carbocycles. The molecule has 1 rings (SSSR count). The first-order valence-corrected chi connectivity index (χ1v) is 9.13. The van der Waals surface area contributed by atoms with Crippen molar-refractivity contribution in [1.82, 2.24) is 0 Å². The number of rotatable bonds is 11. The van der Waals surface area contributed by atoms with Crippen molar-refractivity contribution in [2.24, 2.45) is 0 Å². The van der Waals surface area contributed by atoms with E-state index in [0.717, 1.165) is 25.7 Å². The van der Waals surface area contributed by atoms with Gasteiger partial charge in [0.05, 0.1) is 17.9 Å². The molecule has 0 saturated heterocycles. The second kappa shape index (κ2) is 10.7. The fourth-order valence-corrected chi connectivity index (χ4v) is 2.57. The summed E-state index contributed by atoms with van der Waals surface area (Å²) < 4.78 is 11.3. The van der Waals surface area contributed by atoms with E-state index in [0.29, 0.717) is 36.6 Å². The van der Waals surface area contributed by atoms with Crippen molar-refractivity contribution < 1.29 is 14.3 Å². The number of anilines is 1. The van der Waals surface area contributed by atoms with Crippen molar-refractivity contribution in [3.63, 3.8) is 0 Å². The van der Waals surface area contributed by atoms with Gasteiger partial charge in [0.2, 0.25) is 0 Å². The number of unbranched alkanes of at least 4 members (excludes halogenated alkanes) is 2. The number of nitrogens with zero attached hydrogens (tertiary/aromatic N) is 1. The van der Waals surface area contributed by atoms with Gasteiger partial charge in [-0.3, -0.25) is 4.79 Å². The molecule has 0 bridgehead atoms. The largest absolute Gasteiger partial charge is 0.494 e. The van der Waals surface area contributed by atoms with E-state index >= 15 is 0 Å². The highest BCUT2D eigenvalue weighted by atomic mass is 16.5. The summed E-state index contributed by atoms with van der Waals surface area (Å²) in [5.41, 5.74) is -0.0271. The lowest BCUT2D eigenvalue weighted by Crippen LogP contribution is -2.43. The monoisotopic (exact) mass is 346 g/mol. The van der Waals surface area contributed by atoms with Crippen molar-refractivity contribution in [2.75, 3.05) is 18.5 Å². The summed E-state index contributed by atoms with van der Waals surface area (Å²) >= 11 is 0. The molecule has 1 atom stereocenters. The van der Waals surface area contributed by atoms with E-state index in [4.69, 9.17) is 9.47 Å². The standard InChI is InChI=1S/C20H30N2O3/c1-5-8-9-12-20(4,25-7-3)19(23)22-18-11-10-17(24-13-6-2)14-16(18)15-21/h10-11,14H,5-9,12-13H2,1-4H3,(H,22,23)/t20-/m1/s1. The fraction of sp³-hybridized carbons (Fsp3) is 0.600. The Balaban J connectivity index is 2.90. The molecule has 1 aromatic rings. The number of nitrogens with one attached hydrogen (secondary N) is 1. The third-order valence-electron chi connectivity index (χ3n) is 4.03. The van der Waals surface area contributed by atoms with Crippen LogP contribution in [0.25, 0.3) is 0 Å². The number of amides is 1. The van der Waals surface area contributed by atoms with Crippen LogP contribution >= 0.6 is 0 Å². The summed E-state index contributed by atoms with van der Waals surface area (Å²) in [7, 11) is 0. The first-order chi connectivity index (χ1) is 12.0. The van der Waals surface area contributed by atoms with Crippen molar-refractivity contribution >= 4 is 11.6 Å². The van der Waals surface area contributed by atoms with Gasteiger partial charge < -0.3 is 14.8 Å². The predicted molar refractivity (Wildman–Crippen MR) is 99.7 cm³/mol. The number of ether oxygens (including phenoxy) is 2. The van der Waals surface area contributed by atoms with E-state index < -0.39 is 5.60 Å². The predicted octanol–water partition coefficient (Wildman–Crippen LogP) is 4.66. The van der Waals surface area contributed by atoms with Crippen LogP contribution in [0.1, 0.15) is 65.4 Å². The molecule has 0 aliphatic rings. The van der Waals surface area contributed by atoms with Crippen molar-refractivity contribution in [3.05, 3.63) is 23.8 Å². The van der Waals surface area contributed by atoms with Crippen LogP contribution < -0.4 is 10.1 Å². The molecule has 5 heteroatoms. The van der Waals surface area contributed by atoms with Crippen molar-refractivity contribution in [3.8, 4) is 11.8 Å². The minimum absolute atomic E-state index is 0.218. The minimum atomic E-state index is -0.895. The molecule has 138 valence electrons. The van der Waals surface area contributed by atoms with Gasteiger partial charge in [-0.2, -0.15) is 5.26 Å². The molecule has 0 saturated carbocycles. The van der Waals surface area contributed by atoms with Crippen molar-refractivity contribution in [1.29, 1.82) is 5.26 Å². The zero-order valence-electron chi connectivity index (χ0n) is 15.9. The Morgan fingerprint density at radius 3 is 2.60 bits per heavy atom. The fourth-order valence-electron chi connectivity index (χ4n) is 2.57. The Kier molecular flexibility index (Phi) is 9.01. The third kappa shape index (κ3) is 6.39. The van der Waals surface area contributed by atoms with Gasteiger partial charge >= 0.3 is 0 Å². The molecule has 0 aromatic heterocycles. The molecule has 0 spiro atoms. The Bertz CT molecular complexity index is 595. The normalized spacial score (nSPS) is 12.9. The smallest absolute Gasteiger partial charge is 0.256 e. The van der Waals surface area contributed by atoms with Gasteiger partial charge in [-0.15, -0.1) is 0 Å². The molecule has 1 N–H and O–H groups in total. The minimum Gasteiger partial charge on any atom is -0.494 e. The van der Waals surface area contributed by atoms with E-state index in [1.54, 1.807) is 18.2 Å². The van der Waals surface area contributed by atoms with Gasteiger partial charge in [0.15, 0.2) is 0 Å². The van der Waals surface area contributed by atoms with Crippen molar-refractivity contribution in [2.45, 2.75) is 65.4 Å². The maximum Gasteiger partial charge on any atom is 0.256 e. The van der Waals surface area contributed by atoms with E-state index in [1.165, 1.54) is 0 Å². The van der Waals surface area contributed by atoms with Gasteiger partial charge in [0.25, 0.3) is 5.91 Å². The third-order valence-corrected chi connectivity index (χ3v) is 4.03. The van der Waals surface area contributed by atoms with Crippen LogP contribution in [0.5, 0.6) is 5.75 Å². The highest BCUT2D eigenvalue weighted by Crippen LogP contribution is 2.26. The highest BCUT2D eigenvalue weighted by Gasteiger charge is 2.33. The topological polar surface area (TPSA) is 71.3 Å². The van der Waals surface area contributed by atoms with Gasteiger partial charge in [0, 0.05) is 6.61 Å². The Morgan fingerprint density at radius 1 is 1.24 bits per heavy atom. The molecular weight excluding hydrogens is 316 g/mol. The van der Waals surface area contributed by atoms with Crippen LogP contribution in [0.4, 0.5) is 5.69 Å². The molecule has 1 amide bonds. The molecule has 0 heterocycles. The zero-order chi connectivity index (χ0) is 18.7. The summed E-state index contributed by atoms with van der Waals surface area (Å²) in [6, 6.07) is 7.24. The summed E-state index contributed by atoms with van der Waals surface area (Å²) in [5, 5.41) is 12.2. The van der Waals surface area contributed by atoms with E-state index in [2.05, 4.69) is 18.3 Å². The van der Waals surface area contributed by atoms with Gasteiger partial charge in [0.1, 0.15) is 17.4 Å². The Labute approximate surface area is 151 Å². The SMILES string of the molecule is CCCCC[C@@](C)(OCC)C(=O)Nc1ccc(OCCC)cc1C#N. The number of nitriles is 1. The van der Waals surface area contributed by atoms with Crippen LogP contribution in [-0.2, 0) is 9.53 Å². The lowest BCUT2D eigenvalue weighted by atomic mass is 9.96. The van der Waals surface area contributed by atoms with Gasteiger partial charge in [-0.25, -0.2) is 0 Å². The first-order valence-electron chi connectivity index (χ1n) is 9.13. The van der Waals surface area contributed by atoms with Gasteiger partial charge in [-0.1, -0.05) is 33.1 Å². The summed E-state index contributed by atoms with van der Waals surface area (Å²) in [4.78, 5) is 12.8. The summed E-state index contributed by atoms with van der Waals surface area (Å²) in [6.07, 6.45) is 4.62. The summed E-state index contributed by atoms with van der Waals surface area (Å²) in [5.74, 6) is 0.413. The summed E-state index contributed by atoms with van der Waals surface area (Å²) in [6.45, 7) is 8.89. The molecule has 0 aliphatic heterocycles. The van der Waals surface area contributed by atoms with E-state index in [1.807, 2.05) is 20.8 Å². The Hall–Kier alpha value is -2.06. The maximum absolute atomic E-state index is 12.8.